The van der Waals surface area contributed by atoms with Gasteiger partial charge in [-0.1, -0.05) is 73.0 Å². The van der Waals surface area contributed by atoms with Crippen molar-refractivity contribution in [2.45, 2.75) is 92.9 Å². The zero-order chi connectivity index (χ0) is 22.1. The standard InChI is InChI=1S/C28H44O2/c1-7-25-24-12-11-22-17-23(30)13-15-28(22,6)26(24)14-16-27(25,5)21(4)20(3)10-8-9-19(2)18-29/h11-12,17-21,24-26H,7-10,13-16H2,1-6H3. The molecule has 8 unspecified atom stereocenters. The van der Waals surface area contributed by atoms with Crippen LogP contribution < -0.4 is 0 Å². The van der Waals surface area contributed by atoms with Crippen LogP contribution in [0.15, 0.2) is 23.8 Å². The van der Waals surface area contributed by atoms with Gasteiger partial charge in [0.05, 0.1) is 0 Å². The minimum Gasteiger partial charge on any atom is -0.303 e. The highest BCUT2D eigenvalue weighted by atomic mass is 16.1. The minimum absolute atomic E-state index is 0.182. The molecule has 0 heterocycles. The van der Waals surface area contributed by atoms with Gasteiger partial charge >= 0.3 is 0 Å². The van der Waals surface area contributed by atoms with Gasteiger partial charge in [-0.2, -0.15) is 0 Å². The molecule has 3 rings (SSSR count). The summed E-state index contributed by atoms with van der Waals surface area (Å²) in [5.74, 6) is 3.88. The smallest absolute Gasteiger partial charge is 0.156 e. The molecule has 30 heavy (non-hydrogen) atoms. The van der Waals surface area contributed by atoms with Crippen molar-refractivity contribution in [2.24, 2.45) is 46.3 Å². The van der Waals surface area contributed by atoms with Crippen molar-refractivity contribution in [3.8, 4) is 0 Å². The summed E-state index contributed by atoms with van der Waals surface area (Å²) in [6.07, 6.45) is 16.8. The molecule has 3 aliphatic carbocycles. The van der Waals surface area contributed by atoms with Crippen LogP contribution in [0.25, 0.3) is 0 Å². The molecule has 0 aromatic rings. The van der Waals surface area contributed by atoms with Gasteiger partial charge in [0.25, 0.3) is 0 Å². The maximum atomic E-state index is 12.0. The molecule has 0 N–H and O–H groups in total. The molecule has 1 saturated carbocycles. The summed E-state index contributed by atoms with van der Waals surface area (Å²) in [5, 5.41) is 0. The van der Waals surface area contributed by atoms with Crippen LogP contribution in [-0.4, -0.2) is 12.1 Å². The molecule has 3 aliphatic rings. The monoisotopic (exact) mass is 412 g/mol. The van der Waals surface area contributed by atoms with E-state index in [0.717, 1.165) is 32.0 Å². The van der Waals surface area contributed by atoms with Gasteiger partial charge in [0.15, 0.2) is 5.78 Å². The SMILES string of the molecule is CCC1C2C=CC3=CC(=O)CCC3(C)C2CCC1(C)C(C)C(C)CCCC(C)C=O. The lowest BCUT2D eigenvalue weighted by Gasteiger charge is -2.59. The lowest BCUT2D eigenvalue weighted by Crippen LogP contribution is -2.51. The van der Waals surface area contributed by atoms with Crippen LogP contribution in [0.4, 0.5) is 0 Å². The van der Waals surface area contributed by atoms with E-state index < -0.39 is 0 Å². The van der Waals surface area contributed by atoms with Crippen molar-refractivity contribution >= 4 is 12.1 Å². The molecule has 168 valence electrons. The van der Waals surface area contributed by atoms with E-state index >= 15 is 0 Å². The second-order valence-electron chi connectivity index (χ2n) is 11.4. The molecule has 0 saturated heterocycles. The van der Waals surface area contributed by atoms with Crippen molar-refractivity contribution in [2.75, 3.05) is 0 Å². The summed E-state index contributed by atoms with van der Waals surface area (Å²) < 4.78 is 0. The Bertz CT molecular complexity index is 703. The molecular weight excluding hydrogens is 368 g/mol. The first-order valence-corrected chi connectivity index (χ1v) is 12.6. The maximum Gasteiger partial charge on any atom is 0.156 e. The second kappa shape index (κ2) is 9.13. The molecule has 8 atom stereocenters. The van der Waals surface area contributed by atoms with E-state index in [4.69, 9.17) is 0 Å². The Morgan fingerprint density at radius 3 is 2.57 bits per heavy atom. The van der Waals surface area contributed by atoms with Crippen molar-refractivity contribution in [1.82, 2.24) is 0 Å². The summed E-state index contributed by atoms with van der Waals surface area (Å²) in [6, 6.07) is 0. The molecule has 0 aromatic heterocycles. The van der Waals surface area contributed by atoms with E-state index in [9.17, 15) is 9.59 Å². The highest BCUT2D eigenvalue weighted by Crippen LogP contribution is 2.62. The number of rotatable bonds is 8. The third-order valence-electron chi connectivity index (χ3n) is 9.84. The Labute approximate surface area is 185 Å². The van der Waals surface area contributed by atoms with Crippen LogP contribution in [0.5, 0.6) is 0 Å². The van der Waals surface area contributed by atoms with E-state index in [2.05, 4.69) is 46.8 Å². The molecule has 0 radical (unpaired) electrons. The van der Waals surface area contributed by atoms with Gasteiger partial charge in [-0.05, 0) is 77.8 Å². The summed E-state index contributed by atoms with van der Waals surface area (Å²) in [4.78, 5) is 23.0. The van der Waals surface area contributed by atoms with E-state index in [0.29, 0.717) is 40.8 Å². The molecule has 1 fully saturated rings. The fourth-order valence-corrected chi connectivity index (χ4v) is 7.40. The van der Waals surface area contributed by atoms with Crippen LogP contribution in [0.1, 0.15) is 92.9 Å². The van der Waals surface area contributed by atoms with Gasteiger partial charge < -0.3 is 4.79 Å². The van der Waals surface area contributed by atoms with Gasteiger partial charge in [-0.3, -0.25) is 4.79 Å². The topological polar surface area (TPSA) is 34.1 Å². The van der Waals surface area contributed by atoms with Crippen molar-refractivity contribution in [1.29, 1.82) is 0 Å². The van der Waals surface area contributed by atoms with Gasteiger partial charge in [-0.15, -0.1) is 0 Å². The molecule has 0 aromatic carbocycles. The van der Waals surface area contributed by atoms with Gasteiger partial charge in [0.1, 0.15) is 6.29 Å². The first-order valence-electron chi connectivity index (χ1n) is 12.6. The van der Waals surface area contributed by atoms with Crippen LogP contribution in [0.3, 0.4) is 0 Å². The fourth-order valence-electron chi connectivity index (χ4n) is 7.40. The lowest BCUT2D eigenvalue weighted by molar-refractivity contribution is -0.117. The number of hydrogen-bond acceptors (Lipinski definition) is 2. The number of ketones is 1. The van der Waals surface area contributed by atoms with E-state index in [1.807, 2.05) is 13.0 Å². The Kier molecular flexibility index (Phi) is 7.15. The van der Waals surface area contributed by atoms with Crippen LogP contribution in [-0.2, 0) is 9.59 Å². The molecule has 0 bridgehead atoms. The van der Waals surface area contributed by atoms with E-state index in [-0.39, 0.29) is 11.3 Å². The Hall–Kier alpha value is -1.18. The molecule has 2 nitrogen and oxygen atoms in total. The number of allylic oxidation sites excluding steroid dienone is 4. The predicted octanol–water partition coefficient (Wildman–Crippen LogP) is 7.19. The summed E-state index contributed by atoms with van der Waals surface area (Å²) >= 11 is 0. The van der Waals surface area contributed by atoms with Crippen molar-refractivity contribution in [3.05, 3.63) is 23.8 Å². The van der Waals surface area contributed by atoms with Gasteiger partial charge in [-0.25, -0.2) is 0 Å². The number of hydrogen-bond donors (Lipinski definition) is 0. The third kappa shape index (κ3) is 4.13. The third-order valence-corrected chi connectivity index (χ3v) is 9.84. The maximum absolute atomic E-state index is 12.0. The van der Waals surface area contributed by atoms with E-state index in [1.54, 1.807) is 0 Å². The molecule has 0 spiro atoms. The molecule has 0 aliphatic heterocycles. The predicted molar refractivity (Wildman–Crippen MR) is 125 cm³/mol. The normalized spacial score (nSPS) is 38.8. The number of carbonyl (C=O) groups is 2. The summed E-state index contributed by atoms with van der Waals surface area (Å²) in [6.45, 7) is 14.4. The minimum atomic E-state index is 0.182. The quantitative estimate of drug-likeness (QED) is 0.395. The molecule has 2 heteroatoms. The molecular formula is C28H44O2. The highest BCUT2D eigenvalue weighted by Gasteiger charge is 2.54. The van der Waals surface area contributed by atoms with Gasteiger partial charge in [0, 0.05) is 12.3 Å². The van der Waals surface area contributed by atoms with Crippen LogP contribution in [0.2, 0.25) is 0 Å². The first kappa shape index (κ1) is 23.5. The summed E-state index contributed by atoms with van der Waals surface area (Å²) in [5.41, 5.74) is 1.84. The average molecular weight is 413 g/mol. The number of aldehydes is 1. The fraction of sp³-hybridized carbons (Fsp3) is 0.786. The number of fused-ring (bicyclic) bond motifs is 3. The lowest BCUT2D eigenvalue weighted by atomic mass is 9.46. The van der Waals surface area contributed by atoms with Gasteiger partial charge in [0.2, 0.25) is 0 Å². The zero-order valence-electron chi connectivity index (χ0n) is 20.2. The average Bonchev–Trinajstić information content (AvgIpc) is 2.73. The second-order valence-corrected chi connectivity index (χ2v) is 11.4. The largest absolute Gasteiger partial charge is 0.303 e. The van der Waals surface area contributed by atoms with Crippen molar-refractivity contribution < 1.29 is 9.59 Å². The number of carbonyl (C=O) groups excluding carboxylic acids is 2. The van der Waals surface area contributed by atoms with Crippen LogP contribution >= 0.6 is 0 Å². The Balaban J connectivity index is 1.78. The van der Waals surface area contributed by atoms with Crippen molar-refractivity contribution in [3.63, 3.8) is 0 Å². The van der Waals surface area contributed by atoms with Crippen LogP contribution in [0, 0.1) is 46.3 Å². The zero-order valence-corrected chi connectivity index (χ0v) is 20.2. The Morgan fingerprint density at radius 1 is 1.17 bits per heavy atom. The first-order chi connectivity index (χ1) is 14.2. The highest BCUT2D eigenvalue weighted by molar-refractivity contribution is 5.92. The molecule has 0 amide bonds. The summed E-state index contributed by atoms with van der Waals surface area (Å²) in [7, 11) is 0. The van der Waals surface area contributed by atoms with E-state index in [1.165, 1.54) is 31.3 Å². The Morgan fingerprint density at radius 2 is 1.90 bits per heavy atom.